The summed E-state index contributed by atoms with van der Waals surface area (Å²) >= 11 is 0. The minimum Gasteiger partial charge on any atom is -0.354 e. The van der Waals surface area contributed by atoms with Gasteiger partial charge in [-0.05, 0) is 51.1 Å². The number of amides is 1. The molecule has 21 heavy (non-hydrogen) atoms. The van der Waals surface area contributed by atoms with Crippen LogP contribution in [0.15, 0.2) is 0 Å². The summed E-state index contributed by atoms with van der Waals surface area (Å²) in [6, 6.07) is 0.608. The van der Waals surface area contributed by atoms with E-state index in [9.17, 15) is 4.79 Å². The van der Waals surface area contributed by atoms with Crippen LogP contribution >= 0.6 is 0 Å². The van der Waals surface area contributed by atoms with Gasteiger partial charge in [-0.1, -0.05) is 20.3 Å². The molecule has 4 nitrogen and oxygen atoms in total. The van der Waals surface area contributed by atoms with Crippen molar-refractivity contribution >= 4 is 5.91 Å². The van der Waals surface area contributed by atoms with E-state index in [1.54, 1.807) is 0 Å². The van der Waals surface area contributed by atoms with Crippen LogP contribution < -0.4 is 5.32 Å². The number of likely N-dealkylation sites (tertiary alicyclic amines) is 1. The van der Waals surface area contributed by atoms with Crippen LogP contribution in [0.1, 0.15) is 46.0 Å². The number of rotatable bonds is 7. The first-order valence-corrected chi connectivity index (χ1v) is 8.56. The van der Waals surface area contributed by atoms with Gasteiger partial charge < -0.3 is 10.2 Å². The van der Waals surface area contributed by atoms with Gasteiger partial charge in [0.25, 0.3) is 0 Å². The topological polar surface area (TPSA) is 35.6 Å². The van der Waals surface area contributed by atoms with Crippen LogP contribution in [0.4, 0.5) is 0 Å². The van der Waals surface area contributed by atoms with Crippen molar-refractivity contribution in [3.8, 4) is 0 Å². The van der Waals surface area contributed by atoms with Crippen LogP contribution in [0.25, 0.3) is 0 Å². The Hall–Kier alpha value is -0.610. The Kier molecular flexibility index (Phi) is 5.67. The van der Waals surface area contributed by atoms with Crippen molar-refractivity contribution in [3.63, 3.8) is 0 Å². The fourth-order valence-corrected chi connectivity index (χ4v) is 3.92. The maximum absolute atomic E-state index is 12.2. The number of hydrogen-bond donors (Lipinski definition) is 1. The van der Waals surface area contributed by atoms with Crippen LogP contribution in [-0.2, 0) is 4.79 Å². The molecule has 1 N–H and O–H groups in total. The molecule has 2 rings (SSSR count). The van der Waals surface area contributed by atoms with E-state index in [1.165, 1.54) is 32.1 Å². The van der Waals surface area contributed by atoms with E-state index in [0.29, 0.717) is 18.0 Å². The molecule has 1 aliphatic carbocycles. The maximum atomic E-state index is 12.2. The molecular weight excluding hydrogens is 262 g/mol. The standard InChI is InChI=1S/C17H33N3O/c1-14(2)10-17(7-5-8-17)13-18-16(21)12-20-9-6-15(11-20)19(3)4/h14-15H,5-13H2,1-4H3,(H,18,21). The van der Waals surface area contributed by atoms with Crippen molar-refractivity contribution in [2.75, 3.05) is 40.3 Å². The zero-order chi connectivity index (χ0) is 15.5. The summed E-state index contributed by atoms with van der Waals surface area (Å²) in [6.45, 7) is 8.10. The van der Waals surface area contributed by atoms with Crippen molar-refractivity contribution < 1.29 is 4.79 Å². The van der Waals surface area contributed by atoms with Gasteiger partial charge in [0.2, 0.25) is 5.91 Å². The number of nitrogens with one attached hydrogen (secondary N) is 1. The first kappa shape index (κ1) is 16.8. The molecule has 1 unspecified atom stereocenters. The molecule has 0 aromatic carbocycles. The van der Waals surface area contributed by atoms with Crippen LogP contribution in [0.5, 0.6) is 0 Å². The first-order chi connectivity index (χ1) is 9.90. The lowest BCUT2D eigenvalue weighted by Gasteiger charge is -2.43. The molecule has 1 saturated carbocycles. The summed E-state index contributed by atoms with van der Waals surface area (Å²) in [4.78, 5) is 16.7. The van der Waals surface area contributed by atoms with Crippen molar-refractivity contribution in [2.24, 2.45) is 11.3 Å². The Bertz CT molecular complexity index is 350. The van der Waals surface area contributed by atoms with E-state index in [2.05, 4.69) is 43.1 Å². The molecule has 2 fully saturated rings. The Labute approximate surface area is 130 Å². The molecule has 1 atom stereocenters. The minimum atomic E-state index is 0.212. The normalized spacial score (nSPS) is 25.3. The van der Waals surface area contributed by atoms with E-state index >= 15 is 0 Å². The van der Waals surface area contributed by atoms with Gasteiger partial charge in [0, 0.05) is 25.7 Å². The average Bonchev–Trinajstić information content (AvgIpc) is 2.80. The van der Waals surface area contributed by atoms with E-state index in [4.69, 9.17) is 0 Å². The summed E-state index contributed by atoms with van der Waals surface area (Å²) in [7, 11) is 4.25. The zero-order valence-corrected chi connectivity index (χ0v) is 14.3. The second-order valence-corrected chi connectivity index (χ2v) is 7.87. The highest BCUT2D eigenvalue weighted by atomic mass is 16.2. The summed E-state index contributed by atoms with van der Waals surface area (Å²) in [5.41, 5.74) is 0.404. The molecule has 1 amide bonds. The predicted molar refractivity (Wildman–Crippen MR) is 87.3 cm³/mol. The number of carbonyl (C=O) groups excluding carboxylic acids is 1. The second kappa shape index (κ2) is 7.10. The van der Waals surface area contributed by atoms with Gasteiger partial charge in [-0.2, -0.15) is 0 Å². The molecule has 0 spiro atoms. The minimum absolute atomic E-state index is 0.212. The Morgan fingerprint density at radius 2 is 2.10 bits per heavy atom. The summed E-state index contributed by atoms with van der Waals surface area (Å²) < 4.78 is 0. The third-order valence-corrected chi connectivity index (χ3v) is 5.26. The molecule has 1 heterocycles. The smallest absolute Gasteiger partial charge is 0.234 e. The van der Waals surface area contributed by atoms with E-state index in [0.717, 1.165) is 25.6 Å². The molecule has 0 bridgehead atoms. The molecule has 1 aliphatic heterocycles. The van der Waals surface area contributed by atoms with E-state index < -0.39 is 0 Å². The van der Waals surface area contributed by atoms with Crippen LogP contribution in [-0.4, -0.2) is 62.0 Å². The Morgan fingerprint density at radius 1 is 1.38 bits per heavy atom. The van der Waals surface area contributed by atoms with Crippen LogP contribution in [0.3, 0.4) is 0 Å². The molecule has 2 aliphatic rings. The second-order valence-electron chi connectivity index (χ2n) is 7.87. The third-order valence-electron chi connectivity index (χ3n) is 5.26. The largest absolute Gasteiger partial charge is 0.354 e. The van der Waals surface area contributed by atoms with Crippen molar-refractivity contribution in [3.05, 3.63) is 0 Å². The lowest BCUT2D eigenvalue weighted by Crippen LogP contribution is -2.46. The highest BCUT2D eigenvalue weighted by Crippen LogP contribution is 2.45. The van der Waals surface area contributed by atoms with Gasteiger partial charge in [0.05, 0.1) is 6.54 Å². The van der Waals surface area contributed by atoms with Crippen molar-refractivity contribution in [1.29, 1.82) is 0 Å². The first-order valence-electron chi connectivity index (χ1n) is 8.56. The lowest BCUT2D eigenvalue weighted by molar-refractivity contribution is -0.123. The number of hydrogen-bond acceptors (Lipinski definition) is 3. The molecule has 1 saturated heterocycles. The van der Waals surface area contributed by atoms with Gasteiger partial charge in [0.15, 0.2) is 0 Å². The van der Waals surface area contributed by atoms with Gasteiger partial charge in [-0.25, -0.2) is 0 Å². The predicted octanol–water partition coefficient (Wildman–Crippen LogP) is 1.95. The molecule has 0 radical (unpaired) electrons. The third kappa shape index (κ3) is 4.68. The molecule has 0 aromatic heterocycles. The molecule has 122 valence electrons. The molecule has 4 heteroatoms. The summed E-state index contributed by atoms with van der Waals surface area (Å²) in [5, 5.41) is 3.21. The fraction of sp³-hybridized carbons (Fsp3) is 0.941. The lowest BCUT2D eigenvalue weighted by atomic mass is 9.64. The molecular formula is C17H33N3O. The SMILES string of the molecule is CC(C)CC1(CNC(=O)CN2CCC(N(C)C)C2)CCC1. The van der Waals surface area contributed by atoms with E-state index in [-0.39, 0.29) is 5.91 Å². The van der Waals surface area contributed by atoms with Gasteiger partial charge in [0.1, 0.15) is 0 Å². The van der Waals surface area contributed by atoms with E-state index in [1.807, 2.05) is 0 Å². The monoisotopic (exact) mass is 295 g/mol. The zero-order valence-electron chi connectivity index (χ0n) is 14.3. The van der Waals surface area contributed by atoms with Crippen LogP contribution in [0, 0.1) is 11.3 Å². The summed E-state index contributed by atoms with van der Waals surface area (Å²) in [5.74, 6) is 0.936. The fourth-order valence-electron chi connectivity index (χ4n) is 3.92. The highest BCUT2D eigenvalue weighted by molar-refractivity contribution is 5.78. The van der Waals surface area contributed by atoms with Crippen molar-refractivity contribution in [1.82, 2.24) is 15.1 Å². The number of likely N-dealkylation sites (N-methyl/N-ethyl adjacent to an activating group) is 1. The Morgan fingerprint density at radius 3 is 2.57 bits per heavy atom. The maximum Gasteiger partial charge on any atom is 0.234 e. The average molecular weight is 295 g/mol. The number of carbonyl (C=O) groups is 1. The Balaban J connectivity index is 1.70. The van der Waals surface area contributed by atoms with Crippen LogP contribution in [0.2, 0.25) is 0 Å². The van der Waals surface area contributed by atoms with Crippen molar-refractivity contribution in [2.45, 2.75) is 52.0 Å². The van der Waals surface area contributed by atoms with Gasteiger partial charge in [-0.3, -0.25) is 9.69 Å². The van der Waals surface area contributed by atoms with Gasteiger partial charge >= 0.3 is 0 Å². The highest BCUT2D eigenvalue weighted by Gasteiger charge is 2.37. The quantitative estimate of drug-likeness (QED) is 0.780. The molecule has 0 aromatic rings. The summed E-state index contributed by atoms with van der Waals surface area (Å²) in [6.07, 6.45) is 6.34. The number of nitrogens with zero attached hydrogens (tertiary/aromatic N) is 2. The van der Waals surface area contributed by atoms with Gasteiger partial charge in [-0.15, -0.1) is 0 Å².